The molecule has 0 fully saturated rings. The van der Waals surface area contributed by atoms with E-state index < -0.39 is 84.3 Å². The summed E-state index contributed by atoms with van der Waals surface area (Å²) in [6.07, 6.45) is 0.121. The van der Waals surface area contributed by atoms with Gasteiger partial charge in [-0.3, -0.25) is 24.0 Å². The van der Waals surface area contributed by atoms with Crippen LogP contribution in [0.4, 0.5) is 0 Å². The van der Waals surface area contributed by atoms with E-state index in [1.165, 1.54) is 12.1 Å². The Kier molecular flexibility index (Phi) is 15.6. The van der Waals surface area contributed by atoms with Gasteiger partial charge in [0.1, 0.15) is 18.1 Å². The highest BCUT2D eigenvalue weighted by molar-refractivity contribution is 7.99. The van der Waals surface area contributed by atoms with Crippen molar-refractivity contribution < 1.29 is 49.2 Å². The summed E-state index contributed by atoms with van der Waals surface area (Å²) in [6, 6.07) is 6.65. The predicted molar refractivity (Wildman–Crippen MR) is 175 cm³/mol. The van der Waals surface area contributed by atoms with E-state index in [1.807, 2.05) is 13.8 Å². The topological polar surface area (TPSA) is 284 Å². The number of carbonyl (C=O) groups excluding carboxylic acids is 4. The summed E-state index contributed by atoms with van der Waals surface area (Å²) in [6.45, 7) is 2.53. The largest absolute Gasteiger partial charge is 0.504 e. The quantitative estimate of drug-likeness (QED) is 0.0629. The van der Waals surface area contributed by atoms with Crippen molar-refractivity contribution in [3.63, 3.8) is 0 Å². The number of benzene rings is 2. The van der Waals surface area contributed by atoms with Gasteiger partial charge in [0, 0.05) is 12.2 Å². The molecule has 1 unspecified atom stereocenters. The molecule has 262 valence electrons. The number of nitrogens with one attached hydrogen (secondary N) is 4. The molecule has 2 aromatic carbocycles. The Balaban J connectivity index is 1.92. The molecule has 4 atom stereocenters. The van der Waals surface area contributed by atoms with Crippen molar-refractivity contribution in [3.05, 3.63) is 53.6 Å². The van der Waals surface area contributed by atoms with Crippen molar-refractivity contribution in [1.82, 2.24) is 21.3 Å². The minimum Gasteiger partial charge on any atom is -0.504 e. The highest BCUT2D eigenvalue weighted by Crippen LogP contribution is 2.37. The van der Waals surface area contributed by atoms with Crippen molar-refractivity contribution in [2.75, 3.05) is 18.8 Å². The number of carbonyl (C=O) groups is 6. The third kappa shape index (κ3) is 13.5. The molecule has 0 radical (unpaired) electrons. The molecule has 0 spiro atoms. The van der Waals surface area contributed by atoms with Gasteiger partial charge >= 0.3 is 11.9 Å². The average molecular weight is 691 g/mol. The Morgan fingerprint density at radius 3 is 2.00 bits per heavy atom. The van der Waals surface area contributed by atoms with Gasteiger partial charge in [-0.25, -0.2) is 4.79 Å². The molecule has 0 bridgehead atoms. The summed E-state index contributed by atoms with van der Waals surface area (Å²) < 4.78 is 0. The maximum Gasteiger partial charge on any atom is 0.326 e. The van der Waals surface area contributed by atoms with Crippen LogP contribution in [0.1, 0.15) is 31.4 Å². The SMILES string of the molecule is CC(C)C[C@H](NC(=O)[C@H](Cc1ccccc1)NC(=O)CNC(=O)CNC(=O)[C@@H](N)Cc1cc(O)c(O)c(SCC(N)C(=O)O)c1)C(=O)O. The molecule has 0 aliphatic carbocycles. The number of aliphatic carboxylic acids is 2. The number of thioether (sulfide) groups is 1. The first-order valence-electron chi connectivity index (χ1n) is 14.9. The summed E-state index contributed by atoms with van der Waals surface area (Å²) >= 11 is 0.891. The highest BCUT2D eigenvalue weighted by Gasteiger charge is 2.27. The van der Waals surface area contributed by atoms with Crippen molar-refractivity contribution in [1.29, 1.82) is 0 Å². The van der Waals surface area contributed by atoms with Gasteiger partial charge in [0.25, 0.3) is 0 Å². The molecule has 0 heterocycles. The maximum atomic E-state index is 13.0. The van der Waals surface area contributed by atoms with E-state index in [0.717, 1.165) is 11.8 Å². The van der Waals surface area contributed by atoms with Gasteiger partial charge in [-0.05, 0) is 42.0 Å². The minimum atomic E-state index is -1.24. The molecule has 17 heteroatoms. The van der Waals surface area contributed by atoms with Gasteiger partial charge in [0.2, 0.25) is 23.6 Å². The molecule has 0 aliphatic heterocycles. The summed E-state index contributed by atoms with van der Waals surface area (Å²) in [5, 5.41) is 48.3. The van der Waals surface area contributed by atoms with Crippen LogP contribution < -0.4 is 32.7 Å². The minimum absolute atomic E-state index is 0.0197. The summed E-state index contributed by atoms with van der Waals surface area (Å²) in [5.41, 5.74) is 12.5. The Bertz CT molecular complexity index is 1460. The van der Waals surface area contributed by atoms with E-state index in [0.29, 0.717) is 11.1 Å². The number of phenols is 2. The van der Waals surface area contributed by atoms with Gasteiger partial charge in [-0.1, -0.05) is 44.2 Å². The standard InChI is InChI=1S/C31H42N6O10S/c1-16(2)8-22(31(46)47)37-29(43)21(10-17-6-4-3-5-7-17)36-26(40)14-34-25(39)13-35-28(42)19(32)9-18-11-23(38)27(41)24(12-18)48-15-20(33)30(44)45/h3-7,11-12,16,19-22,38,41H,8-10,13-15,32-33H2,1-2H3,(H,34,39)(H,35,42)(H,36,40)(H,37,43)(H,44,45)(H,46,47)/t19-,20?,21-,22-/m0/s1. The van der Waals surface area contributed by atoms with Crippen LogP contribution in [-0.4, -0.2) is 99.0 Å². The lowest BCUT2D eigenvalue weighted by molar-refractivity contribution is -0.142. The van der Waals surface area contributed by atoms with Crippen molar-refractivity contribution >= 4 is 47.3 Å². The number of carboxylic acid groups (broad SMARTS) is 2. The fourth-order valence-corrected chi connectivity index (χ4v) is 5.26. The molecule has 16 nitrogen and oxygen atoms in total. The second kappa shape index (κ2) is 19.1. The van der Waals surface area contributed by atoms with Gasteiger partial charge < -0.3 is 53.2 Å². The molecular formula is C31H42N6O10S. The second-order valence-corrected chi connectivity index (χ2v) is 12.4. The molecule has 0 aromatic heterocycles. The van der Waals surface area contributed by atoms with E-state index in [1.54, 1.807) is 30.3 Å². The van der Waals surface area contributed by atoms with Crippen LogP contribution >= 0.6 is 11.8 Å². The summed E-state index contributed by atoms with van der Waals surface area (Å²) in [4.78, 5) is 73.4. The lowest BCUT2D eigenvalue weighted by Gasteiger charge is -2.22. The normalized spacial score (nSPS) is 13.4. The van der Waals surface area contributed by atoms with E-state index in [4.69, 9.17) is 16.6 Å². The van der Waals surface area contributed by atoms with Gasteiger partial charge in [0.15, 0.2) is 11.5 Å². The van der Waals surface area contributed by atoms with Crippen LogP contribution in [0.3, 0.4) is 0 Å². The molecule has 12 N–H and O–H groups in total. The van der Waals surface area contributed by atoms with Gasteiger partial charge in [0.05, 0.1) is 24.0 Å². The monoisotopic (exact) mass is 690 g/mol. The number of amides is 4. The Labute approximate surface area is 281 Å². The lowest BCUT2D eigenvalue weighted by atomic mass is 10.0. The molecule has 2 aromatic rings. The Hall–Kier alpha value is -4.87. The van der Waals surface area contributed by atoms with Gasteiger partial charge in [-0.15, -0.1) is 11.8 Å². The van der Waals surface area contributed by atoms with Crippen LogP contribution in [0.25, 0.3) is 0 Å². The summed E-state index contributed by atoms with van der Waals surface area (Å²) in [7, 11) is 0. The first-order valence-corrected chi connectivity index (χ1v) is 15.9. The molecule has 48 heavy (non-hydrogen) atoms. The van der Waals surface area contributed by atoms with E-state index >= 15 is 0 Å². The average Bonchev–Trinajstić information content (AvgIpc) is 3.02. The number of carboxylic acids is 2. The van der Waals surface area contributed by atoms with E-state index in [-0.39, 0.29) is 35.8 Å². The van der Waals surface area contributed by atoms with Crippen molar-refractivity contribution in [3.8, 4) is 11.5 Å². The molecule has 0 aliphatic rings. The van der Waals surface area contributed by atoms with Gasteiger partial charge in [-0.2, -0.15) is 0 Å². The molecule has 0 saturated carbocycles. The van der Waals surface area contributed by atoms with E-state index in [9.17, 15) is 44.1 Å². The number of rotatable bonds is 19. The zero-order chi connectivity index (χ0) is 36.0. The van der Waals surface area contributed by atoms with Crippen LogP contribution in [0, 0.1) is 5.92 Å². The van der Waals surface area contributed by atoms with Crippen molar-refractivity contribution in [2.45, 2.75) is 62.2 Å². The van der Waals surface area contributed by atoms with Crippen LogP contribution in [0.5, 0.6) is 11.5 Å². The smallest absolute Gasteiger partial charge is 0.326 e. The second-order valence-electron chi connectivity index (χ2n) is 11.4. The van der Waals surface area contributed by atoms with Crippen LogP contribution in [0.2, 0.25) is 0 Å². The van der Waals surface area contributed by atoms with Crippen LogP contribution in [-0.2, 0) is 41.6 Å². The fraction of sp³-hybridized carbons (Fsp3) is 0.419. The predicted octanol–water partition coefficient (Wildman–Crippen LogP) is -0.953. The number of nitrogens with two attached hydrogens (primary N) is 2. The Morgan fingerprint density at radius 1 is 0.750 bits per heavy atom. The zero-order valence-electron chi connectivity index (χ0n) is 26.5. The molecule has 0 saturated heterocycles. The fourth-order valence-electron chi connectivity index (χ4n) is 4.28. The number of aromatic hydroxyl groups is 2. The molecule has 2 rings (SSSR count). The van der Waals surface area contributed by atoms with Crippen LogP contribution in [0.15, 0.2) is 47.4 Å². The maximum absolute atomic E-state index is 13.0. The summed E-state index contributed by atoms with van der Waals surface area (Å²) in [5.74, 6) is -6.48. The number of hydrogen-bond donors (Lipinski definition) is 10. The highest BCUT2D eigenvalue weighted by atomic mass is 32.2. The third-order valence-corrected chi connectivity index (χ3v) is 7.92. The third-order valence-electron chi connectivity index (χ3n) is 6.77. The molecular weight excluding hydrogens is 648 g/mol. The first-order chi connectivity index (χ1) is 22.6. The van der Waals surface area contributed by atoms with Crippen molar-refractivity contribution in [2.24, 2.45) is 17.4 Å². The number of hydrogen-bond acceptors (Lipinski definition) is 11. The zero-order valence-corrected chi connectivity index (χ0v) is 27.3. The van der Waals surface area contributed by atoms with E-state index in [2.05, 4.69) is 21.3 Å². The lowest BCUT2D eigenvalue weighted by Crippen LogP contribution is -2.54. The first kappa shape index (κ1) is 39.3. The molecule has 4 amide bonds. The Morgan fingerprint density at radius 2 is 1.40 bits per heavy atom. The number of phenolic OH excluding ortho intramolecular Hbond substituents is 2.